The van der Waals surface area contributed by atoms with Crippen LogP contribution in [0.2, 0.25) is 15.1 Å². The fraction of sp³-hybridized carbons (Fsp3) is 0.435. The summed E-state index contributed by atoms with van der Waals surface area (Å²) in [5.41, 5.74) is 2.08. The Balaban J connectivity index is 1.77. The van der Waals surface area contributed by atoms with E-state index in [9.17, 15) is 4.79 Å². The predicted molar refractivity (Wildman–Crippen MR) is 128 cm³/mol. The molecule has 30 heavy (non-hydrogen) atoms. The van der Waals surface area contributed by atoms with Crippen molar-refractivity contribution in [2.45, 2.75) is 45.7 Å². The van der Waals surface area contributed by atoms with Crippen molar-refractivity contribution in [1.29, 1.82) is 0 Å². The molecule has 0 aromatic heterocycles. The first-order valence-corrected chi connectivity index (χ1v) is 11.5. The van der Waals surface area contributed by atoms with Crippen molar-refractivity contribution in [1.82, 2.24) is 15.5 Å². The van der Waals surface area contributed by atoms with Gasteiger partial charge in [-0.3, -0.25) is 4.90 Å². The third-order valence-corrected chi connectivity index (χ3v) is 5.90. The Morgan fingerprint density at radius 2 is 1.63 bits per heavy atom. The number of carbonyl (C=O) groups is 1. The van der Waals surface area contributed by atoms with E-state index in [4.69, 9.17) is 34.8 Å². The first-order chi connectivity index (χ1) is 14.4. The van der Waals surface area contributed by atoms with Crippen LogP contribution in [0.1, 0.15) is 50.3 Å². The highest BCUT2D eigenvalue weighted by Gasteiger charge is 2.15. The predicted octanol–water partition coefficient (Wildman–Crippen LogP) is 6.70. The minimum absolute atomic E-state index is 0.202. The van der Waals surface area contributed by atoms with Gasteiger partial charge in [-0.15, -0.1) is 0 Å². The van der Waals surface area contributed by atoms with Crippen LogP contribution in [0.15, 0.2) is 42.5 Å². The van der Waals surface area contributed by atoms with Crippen LogP contribution in [0.4, 0.5) is 4.79 Å². The molecule has 4 nitrogen and oxygen atoms in total. The number of halogens is 3. The van der Waals surface area contributed by atoms with Gasteiger partial charge in [0, 0.05) is 40.7 Å². The van der Waals surface area contributed by atoms with Crippen molar-refractivity contribution in [2.75, 3.05) is 19.6 Å². The monoisotopic (exact) mass is 469 g/mol. The van der Waals surface area contributed by atoms with E-state index in [2.05, 4.69) is 41.5 Å². The molecule has 0 bridgehead atoms. The van der Waals surface area contributed by atoms with E-state index in [0.29, 0.717) is 29.2 Å². The van der Waals surface area contributed by atoms with Gasteiger partial charge in [-0.2, -0.15) is 0 Å². The van der Waals surface area contributed by atoms with Gasteiger partial charge in [-0.05, 0) is 61.7 Å². The second-order valence-electron chi connectivity index (χ2n) is 7.32. The molecule has 0 saturated heterocycles. The summed E-state index contributed by atoms with van der Waals surface area (Å²) in [4.78, 5) is 14.5. The zero-order valence-corrected chi connectivity index (χ0v) is 19.8. The number of nitrogens with zero attached hydrogens (tertiary/aromatic N) is 1. The quantitative estimate of drug-likeness (QED) is 0.359. The molecule has 0 aliphatic carbocycles. The van der Waals surface area contributed by atoms with Crippen LogP contribution in [0.5, 0.6) is 0 Å². The number of hydrogen-bond acceptors (Lipinski definition) is 2. The van der Waals surface area contributed by atoms with Crippen LogP contribution < -0.4 is 10.6 Å². The van der Waals surface area contributed by atoms with Crippen molar-refractivity contribution < 1.29 is 4.79 Å². The molecule has 0 aliphatic heterocycles. The highest BCUT2D eigenvalue weighted by Crippen LogP contribution is 2.23. The average Bonchev–Trinajstić information content (AvgIpc) is 2.72. The van der Waals surface area contributed by atoms with Crippen LogP contribution in [-0.4, -0.2) is 30.6 Å². The van der Waals surface area contributed by atoms with Crippen molar-refractivity contribution in [3.8, 4) is 0 Å². The van der Waals surface area contributed by atoms with Crippen molar-refractivity contribution in [2.24, 2.45) is 0 Å². The molecule has 2 N–H and O–H groups in total. The third-order valence-electron chi connectivity index (χ3n) is 5.06. The largest absolute Gasteiger partial charge is 0.338 e. The molecule has 0 heterocycles. The zero-order chi connectivity index (χ0) is 21.9. The molecule has 1 atom stereocenters. The minimum Gasteiger partial charge on any atom is -0.338 e. The Kier molecular flexibility index (Phi) is 10.8. The smallest absolute Gasteiger partial charge is 0.315 e. The summed E-state index contributed by atoms with van der Waals surface area (Å²) in [5, 5.41) is 7.63. The second kappa shape index (κ2) is 13.1. The standard InChI is InChI=1S/C23H30Cl3N3O/c1-3-4-13-29(17(2)18-6-9-20(24)10-7-18)14-5-12-27-23(30)28-16-19-8-11-21(25)15-22(19)26/h6-11,15,17H,3-5,12-14,16H2,1-2H3,(H2,27,28,30). The van der Waals surface area contributed by atoms with Crippen LogP contribution >= 0.6 is 34.8 Å². The van der Waals surface area contributed by atoms with E-state index in [0.717, 1.165) is 42.9 Å². The van der Waals surface area contributed by atoms with E-state index in [1.165, 1.54) is 5.56 Å². The Bertz CT molecular complexity index is 799. The number of carbonyl (C=O) groups excluding carboxylic acids is 1. The zero-order valence-electron chi connectivity index (χ0n) is 17.6. The molecule has 2 rings (SSSR count). The van der Waals surface area contributed by atoms with Crippen LogP contribution in [0.25, 0.3) is 0 Å². The number of hydrogen-bond donors (Lipinski definition) is 2. The molecular weight excluding hydrogens is 441 g/mol. The summed E-state index contributed by atoms with van der Waals surface area (Å²) in [6.07, 6.45) is 3.17. The maximum Gasteiger partial charge on any atom is 0.315 e. The highest BCUT2D eigenvalue weighted by atomic mass is 35.5. The molecule has 1 unspecified atom stereocenters. The van der Waals surface area contributed by atoms with Crippen LogP contribution in [-0.2, 0) is 6.54 Å². The highest BCUT2D eigenvalue weighted by molar-refractivity contribution is 6.35. The molecule has 0 fully saturated rings. The Hall–Kier alpha value is -1.46. The Labute approximate surface area is 194 Å². The summed E-state index contributed by atoms with van der Waals surface area (Å²) in [7, 11) is 0. The lowest BCUT2D eigenvalue weighted by Gasteiger charge is -2.29. The van der Waals surface area contributed by atoms with Gasteiger partial charge >= 0.3 is 6.03 Å². The second-order valence-corrected chi connectivity index (χ2v) is 8.60. The maximum absolute atomic E-state index is 12.1. The summed E-state index contributed by atoms with van der Waals surface area (Å²) in [6, 6.07) is 13.4. The van der Waals surface area contributed by atoms with E-state index >= 15 is 0 Å². The van der Waals surface area contributed by atoms with Crippen LogP contribution in [0.3, 0.4) is 0 Å². The first kappa shape index (κ1) is 24.8. The van der Waals surface area contributed by atoms with Crippen molar-refractivity contribution in [3.05, 3.63) is 68.7 Å². The molecule has 2 aromatic carbocycles. The van der Waals surface area contributed by atoms with Gasteiger partial charge in [0.25, 0.3) is 0 Å². The summed E-state index contributed by atoms with van der Waals surface area (Å²) in [6.45, 7) is 7.32. The molecule has 0 saturated carbocycles. The molecule has 164 valence electrons. The summed E-state index contributed by atoms with van der Waals surface area (Å²) in [5.74, 6) is 0. The molecule has 7 heteroatoms. The van der Waals surface area contributed by atoms with Gasteiger partial charge < -0.3 is 10.6 Å². The number of benzene rings is 2. The fourth-order valence-corrected chi connectivity index (χ4v) is 3.80. The molecule has 0 spiro atoms. The lowest BCUT2D eigenvalue weighted by atomic mass is 10.1. The first-order valence-electron chi connectivity index (χ1n) is 10.4. The van der Waals surface area contributed by atoms with E-state index in [-0.39, 0.29) is 6.03 Å². The van der Waals surface area contributed by atoms with Gasteiger partial charge in [0.1, 0.15) is 0 Å². The van der Waals surface area contributed by atoms with Gasteiger partial charge in [0.05, 0.1) is 0 Å². The summed E-state index contributed by atoms with van der Waals surface area (Å²) >= 11 is 18.1. The van der Waals surface area contributed by atoms with Gasteiger partial charge in [0.2, 0.25) is 0 Å². The number of unbranched alkanes of at least 4 members (excludes halogenated alkanes) is 1. The van der Waals surface area contributed by atoms with Crippen molar-refractivity contribution in [3.63, 3.8) is 0 Å². The van der Waals surface area contributed by atoms with Crippen molar-refractivity contribution >= 4 is 40.8 Å². The molecule has 2 amide bonds. The lowest BCUT2D eigenvalue weighted by molar-refractivity contribution is 0.203. The maximum atomic E-state index is 12.1. The number of urea groups is 1. The Morgan fingerprint density at radius 1 is 0.967 bits per heavy atom. The van der Waals surface area contributed by atoms with Gasteiger partial charge in [-0.1, -0.05) is 66.3 Å². The number of rotatable bonds is 11. The molecule has 2 aromatic rings. The average molecular weight is 471 g/mol. The number of nitrogens with one attached hydrogen (secondary N) is 2. The number of amides is 2. The summed E-state index contributed by atoms with van der Waals surface area (Å²) < 4.78 is 0. The normalized spacial score (nSPS) is 12.1. The molecule has 0 radical (unpaired) electrons. The van der Waals surface area contributed by atoms with Gasteiger partial charge in [0.15, 0.2) is 0 Å². The van der Waals surface area contributed by atoms with E-state index < -0.39 is 0 Å². The van der Waals surface area contributed by atoms with Crippen LogP contribution in [0, 0.1) is 0 Å². The topological polar surface area (TPSA) is 44.4 Å². The van der Waals surface area contributed by atoms with Gasteiger partial charge in [-0.25, -0.2) is 4.79 Å². The SMILES string of the molecule is CCCCN(CCCNC(=O)NCc1ccc(Cl)cc1Cl)C(C)c1ccc(Cl)cc1. The fourth-order valence-electron chi connectivity index (χ4n) is 3.20. The van der Waals surface area contributed by atoms with E-state index in [1.807, 2.05) is 18.2 Å². The Morgan fingerprint density at radius 3 is 2.30 bits per heavy atom. The third kappa shape index (κ3) is 8.35. The molecule has 0 aliphatic rings. The minimum atomic E-state index is -0.202. The molecular formula is C23H30Cl3N3O. The van der Waals surface area contributed by atoms with E-state index in [1.54, 1.807) is 12.1 Å². The lowest BCUT2D eigenvalue weighted by Crippen LogP contribution is -2.37.